The number of carboxylic acid groups (broad SMARTS) is 2. The van der Waals surface area contributed by atoms with Crippen molar-refractivity contribution in [1.29, 1.82) is 0 Å². The molecule has 0 radical (unpaired) electrons. The number of aromatic nitrogens is 8. The van der Waals surface area contributed by atoms with Gasteiger partial charge in [0.15, 0.2) is 0 Å². The van der Waals surface area contributed by atoms with Gasteiger partial charge in [-0.1, -0.05) is 78.6 Å². The van der Waals surface area contributed by atoms with E-state index >= 15 is 0 Å². The van der Waals surface area contributed by atoms with Crippen LogP contribution in [0.15, 0.2) is 60.9 Å². The molecule has 8 amide bonds. The Kier molecular flexibility index (Phi) is 23.4. The number of imidazole rings is 4. The van der Waals surface area contributed by atoms with Gasteiger partial charge < -0.3 is 79.3 Å². The number of halogens is 2. The number of likely N-dealkylation sites (tertiary alicyclic amines) is 4. The lowest BCUT2D eigenvalue weighted by molar-refractivity contribution is -0.141. The maximum atomic E-state index is 14.2. The SMILES string of the molecule is CC(C)[C@@H](C(=O)N1CCC[C@H]1c1ncc(-c2cc3c4c(c2)OCc2cc(-c5cnc([C@@H]6CCCN6C(=O)[C@H](C(C)C)N(C(=O)O)C(C)(C)C)[nH]5)cc(c2-4)OC3)[nH]1)N(C(=O)O)C(C)(C)C.CC(C)[C@H](NC(=O)C1CC1)C(=O)N1CCC[C@H]1c1nc(-c2cc3c4c(c2)OCc2cc(-c5nc([C@@H]6CCCN6C(=O)[C@@H](NC(=O)C6CC6)C(C)C)[nH]c5Cl)cc(c2-4)OC3)c(Cl)[nH]1. The van der Waals surface area contributed by atoms with Crippen LogP contribution < -0.4 is 29.6 Å². The normalized spacial score (nSPS) is 20.0. The molecule has 2 aliphatic carbocycles. The van der Waals surface area contributed by atoms with Crippen molar-refractivity contribution in [2.24, 2.45) is 35.5 Å². The van der Waals surface area contributed by atoms with Crippen molar-refractivity contribution in [2.75, 3.05) is 26.2 Å². The topological polar surface area (TPSA) is 372 Å². The van der Waals surface area contributed by atoms with Gasteiger partial charge >= 0.3 is 12.2 Å². The molecule has 8 atom stereocenters. The van der Waals surface area contributed by atoms with Crippen LogP contribution in [0.1, 0.15) is 244 Å². The van der Waals surface area contributed by atoms with Crippen molar-refractivity contribution in [3.63, 3.8) is 0 Å². The Labute approximate surface area is 742 Å². The van der Waals surface area contributed by atoms with Crippen molar-refractivity contribution >= 4 is 70.8 Å². The zero-order chi connectivity index (χ0) is 89.3. The Bertz CT molecular complexity index is 5210. The van der Waals surface area contributed by atoms with Crippen molar-refractivity contribution < 1.29 is 67.5 Å². The van der Waals surface area contributed by atoms with Gasteiger partial charge in [-0.25, -0.2) is 29.5 Å². The van der Waals surface area contributed by atoms with Gasteiger partial charge in [-0.05, 0) is 191 Å². The predicted molar refractivity (Wildman–Crippen MR) is 472 cm³/mol. The number of H-pyrrole nitrogens is 4. The summed E-state index contributed by atoms with van der Waals surface area (Å²) in [6.07, 6.45) is 10.9. The number of ether oxygens (including phenoxy) is 4. The Morgan fingerprint density at radius 3 is 0.992 bits per heavy atom. The lowest BCUT2D eigenvalue weighted by Gasteiger charge is -2.42. The lowest BCUT2D eigenvalue weighted by Crippen LogP contribution is -2.59. The zero-order valence-electron chi connectivity index (χ0n) is 74.0. The largest absolute Gasteiger partial charge is 0.488 e. The molecule has 0 bridgehead atoms. The number of carbonyl (C=O) groups excluding carboxylic acids is 6. The maximum Gasteiger partial charge on any atom is 0.408 e. The van der Waals surface area contributed by atoms with Gasteiger partial charge in [0.1, 0.15) is 119 Å². The molecule has 668 valence electrons. The first-order valence-corrected chi connectivity index (χ1v) is 45.4. The molecule has 18 rings (SSSR count). The van der Waals surface area contributed by atoms with Gasteiger partial charge in [0.25, 0.3) is 0 Å². The number of hydrogen-bond acceptors (Lipinski definition) is 16. The standard InChI is InChI=1S/C48H62N8O8.C46H52Cl2N8O6/c1-25(2)39(55(45(59)60)47(5,6)7)43(57)53-15-11-13-33(53)41-49-21-31(51-41)27-17-29-23-64-36-20-28(18-30-24-63-35(19-27)37(29)38(30)36)32-22-50-42(52-32)34-14-12-16-54(34)44(58)40(26(3)4)56(46(61)62)48(8,9)10;1-21(2)35(51-43(57)23-9-10-23)45(59)55-13-5-7-29(55)41-49-37(39(47)53-41)25-15-27-19-62-32-18-26(16-28-20-61-31(17-25)33(27)34(28)32)38-40(48)54-42(50-38)30-8-6-14-56(30)46(60)36(22(3)4)52-44(58)24-11-12-24/h17-22,25-26,33-34,39-40H,11-16,23-24H2,1-10H3,(H,49,51)(H,50,52)(H,59,60)(H,61,62);15-18,21-24,29-30,35-36H,5-14,19-20H2,1-4H3,(H,49,53)(H,50,54)(H,51,57)(H,52,58)/t33-,34-,39-,40-;29-,30-,35-,36-/m00/s1. The second kappa shape index (κ2) is 33.9. The fourth-order valence-corrected chi connectivity index (χ4v) is 20.4. The van der Waals surface area contributed by atoms with Gasteiger partial charge in [-0.15, -0.1) is 0 Å². The number of carbonyl (C=O) groups is 8. The van der Waals surface area contributed by atoms with Gasteiger partial charge in [0.2, 0.25) is 35.4 Å². The molecule has 8 aromatic rings. The summed E-state index contributed by atoms with van der Waals surface area (Å²) in [5.74, 6) is 4.16. The van der Waals surface area contributed by atoms with Crippen LogP contribution in [-0.2, 0) is 55.2 Å². The molecule has 0 unspecified atom stereocenters. The van der Waals surface area contributed by atoms with Crippen LogP contribution in [0.25, 0.3) is 67.3 Å². The van der Waals surface area contributed by atoms with Crippen LogP contribution in [0.3, 0.4) is 0 Å². The second-order valence-electron chi connectivity index (χ2n) is 38.9. The van der Waals surface area contributed by atoms with Crippen molar-refractivity contribution in [1.82, 2.24) is 79.9 Å². The minimum absolute atomic E-state index is 0.0140. The fraction of sp³-hybridized carbons (Fsp3) is 0.532. The van der Waals surface area contributed by atoms with Gasteiger partial charge in [-0.3, -0.25) is 38.6 Å². The van der Waals surface area contributed by atoms with E-state index in [0.717, 1.165) is 154 Å². The third-order valence-electron chi connectivity index (χ3n) is 26.4. The second-order valence-corrected chi connectivity index (χ2v) is 39.7. The molecule has 0 spiro atoms. The summed E-state index contributed by atoms with van der Waals surface area (Å²) in [6.45, 7) is 29.6. The van der Waals surface area contributed by atoms with E-state index in [9.17, 15) is 48.6 Å². The van der Waals surface area contributed by atoms with Crippen LogP contribution in [0, 0.1) is 35.5 Å². The number of rotatable bonds is 22. The van der Waals surface area contributed by atoms with E-state index in [1.165, 1.54) is 9.80 Å². The molecule has 12 heterocycles. The Hall–Kier alpha value is -11.1. The van der Waals surface area contributed by atoms with E-state index in [4.69, 9.17) is 62.1 Å². The summed E-state index contributed by atoms with van der Waals surface area (Å²) >= 11 is 13.8. The minimum atomic E-state index is -1.12. The highest BCUT2D eigenvalue weighted by Gasteiger charge is 2.49. The number of amides is 8. The third kappa shape index (κ3) is 16.5. The van der Waals surface area contributed by atoms with Crippen LogP contribution in [0.2, 0.25) is 10.3 Å². The van der Waals surface area contributed by atoms with E-state index in [1.807, 2.05) is 143 Å². The summed E-state index contributed by atoms with van der Waals surface area (Å²) < 4.78 is 25.8. The molecule has 8 N–H and O–H groups in total. The summed E-state index contributed by atoms with van der Waals surface area (Å²) in [5.41, 5.74) is 12.1. The maximum absolute atomic E-state index is 14.2. The lowest BCUT2D eigenvalue weighted by atomic mass is 9.87. The van der Waals surface area contributed by atoms with E-state index in [0.29, 0.717) is 109 Å². The Balaban J connectivity index is 0.000000178. The highest BCUT2D eigenvalue weighted by molar-refractivity contribution is 6.32. The van der Waals surface area contributed by atoms with Crippen molar-refractivity contribution in [3.8, 4) is 90.3 Å². The average molecular weight is 1760 g/mol. The molecule has 8 aliphatic heterocycles. The monoisotopic (exact) mass is 1760 g/mol. The first-order valence-electron chi connectivity index (χ1n) is 44.7. The quantitative estimate of drug-likeness (QED) is 0.0312. The highest BCUT2D eigenvalue weighted by Crippen LogP contribution is 2.55. The Morgan fingerprint density at radius 1 is 0.413 bits per heavy atom. The molecular weight excluding hydrogens is 1650 g/mol. The zero-order valence-corrected chi connectivity index (χ0v) is 75.5. The molecule has 6 fully saturated rings. The Morgan fingerprint density at radius 2 is 0.706 bits per heavy atom. The molecule has 10 aliphatic rings. The summed E-state index contributed by atoms with van der Waals surface area (Å²) in [5, 5.41) is 27.2. The van der Waals surface area contributed by atoms with E-state index in [2.05, 4.69) is 42.7 Å². The summed E-state index contributed by atoms with van der Waals surface area (Å²) in [7, 11) is 0. The highest BCUT2D eigenvalue weighted by atomic mass is 35.5. The molecule has 126 heavy (non-hydrogen) atoms. The van der Waals surface area contributed by atoms with E-state index < -0.39 is 47.4 Å². The third-order valence-corrected chi connectivity index (χ3v) is 27.0. The van der Waals surface area contributed by atoms with E-state index in [-0.39, 0.29) is 108 Å². The number of nitrogens with zero attached hydrogens (tertiary/aromatic N) is 10. The summed E-state index contributed by atoms with van der Waals surface area (Å²) in [4.78, 5) is 149. The molecule has 4 aromatic heterocycles. The summed E-state index contributed by atoms with van der Waals surface area (Å²) in [6, 6.07) is 12.1. The van der Waals surface area contributed by atoms with E-state index in [1.54, 1.807) is 22.2 Å². The molecular formula is C94H114Cl2N16O14. The van der Waals surface area contributed by atoms with Crippen LogP contribution in [0.4, 0.5) is 9.59 Å². The first kappa shape index (κ1) is 87.0. The van der Waals surface area contributed by atoms with Gasteiger partial charge in [0.05, 0.1) is 47.9 Å². The molecule has 4 saturated heterocycles. The van der Waals surface area contributed by atoms with Gasteiger partial charge in [-0.2, -0.15) is 0 Å². The number of aromatic amines is 4. The first-order chi connectivity index (χ1) is 60.0. The predicted octanol–water partition coefficient (Wildman–Crippen LogP) is 16.5. The van der Waals surface area contributed by atoms with Gasteiger partial charge in [0, 0.05) is 116 Å². The number of hydrogen-bond donors (Lipinski definition) is 8. The van der Waals surface area contributed by atoms with Crippen LogP contribution >= 0.6 is 23.2 Å². The molecule has 30 nitrogen and oxygen atoms in total. The average Bonchev–Trinajstić information content (AvgIpc) is 1.49. The molecule has 2 saturated carbocycles. The smallest absolute Gasteiger partial charge is 0.408 e. The van der Waals surface area contributed by atoms with Crippen LogP contribution in [0.5, 0.6) is 23.0 Å². The number of nitrogens with one attached hydrogen (secondary N) is 6. The van der Waals surface area contributed by atoms with Crippen molar-refractivity contribution in [3.05, 3.63) is 117 Å². The number of benzene rings is 4. The molecule has 32 heteroatoms. The van der Waals surface area contributed by atoms with Crippen LogP contribution in [-0.4, -0.2) is 189 Å². The molecule has 4 aromatic carbocycles. The minimum Gasteiger partial charge on any atom is -0.488 e. The fourth-order valence-electron chi connectivity index (χ4n) is 19.9. The van der Waals surface area contributed by atoms with Crippen molar-refractivity contribution in [2.45, 2.75) is 260 Å².